The minimum atomic E-state index is -0.842. The highest BCUT2D eigenvalue weighted by Crippen LogP contribution is 2.22. The van der Waals surface area contributed by atoms with E-state index in [0.717, 1.165) is 0 Å². The Kier molecular flexibility index (Phi) is 5.77. The van der Waals surface area contributed by atoms with Crippen molar-refractivity contribution in [1.29, 1.82) is 0 Å². The van der Waals surface area contributed by atoms with Crippen molar-refractivity contribution in [3.8, 4) is 11.5 Å². The molecule has 28 heavy (non-hydrogen) atoms. The maximum absolute atomic E-state index is 12.0. The third-order valence-corrected chi connectivity index (χ3v) is 3.98. The predicted molar refractivity (Wildman–Crippen MR) is 100 cm³/mol. The molecule has 3 rings (SSSR count). The molecular weight excluding hydrogens is 411 g/mol. The van der Waals surface area contributed by atoms with Gasteiger partial charge in [0.25, 0.3) is 10.5 Å². The summed E-state index contributed by atoms with van der Waals surface area (Å²) in [7, 11) is 0. The van der Waals surface area contributed by atoms with Crippen molar-refractivity contribution in [3.63, 3.8) is 0 Å². The van der Waals surface area contributed by atoms with Crippen LogP contribution in [0.4, 0.5) is 0 Å². The Labute approximate surface area is 167 Å². The first kappa shape index (κ1) is 19.6. The zero-order chi connectivity index (χ0) is 20.3. The lowest BCUT2D eigenvalue weighted by Crippen LogP contribution is -2.18. The lowest BCUT2D eigenvalue weighted by Gasteiger charge is -2.09. The Morgan fingerprint density at radius 3 is 2.14 bits per heavy atom. The fourth-order valence-electron chi connectivity index (χ4n) is 2.32. The van der Waals surface area contributed by atoms with Crippen LogP contribution in [0, 0.1) is 0 Å². The lowest BCUT2D eigenvalue weighted by molar-refractivity contribution is -0.136. The normalized spacial score (nSPS) is 10.5. The number of rotatable bonds is 6. The van der Waals surface area contributed by atoms with E-state index in [1.165, 1.54) is 30.3 Å². The number of carbonyl (C=O) groups is 3. The molecule has 0 bridgehead atoms. The van der Waals surface area contributed by atoms with E-state index >= 15 is 0 Å². The van der Waals surface area contributed by atoms with Crippen molar-refractivity contribution >= 4 is 50.6 Å². The van der Waals surface area contributed by atoms with Gasteiger partial charge in [-0.3, -0.25) is 9.59 Å². The molecule has 2 aromatic carbocycles. The van der Waals surface area contributed by atoms with Gasteiger partial charge in [-0.2, -0.15) is 0 Å². The molecule has 0 atom stereocenters. The molecule has 0 saturated heterocycles. The minimum Gasteiger partial charge on any atom is -0.482 e. The molecule has 0 fully saturated rings. The molecular formula is C19H10Cl2O7. The topological polar surface area (TPSA) is 99.9 Å². The van der Waals surface area contributed by atoms with Gasteiger partial charge in [-0.1, -0.05) is 0 Å². The number of hydrogen-bond acceptors (Lipinski definition) is 7. The highest BCUT2D eigenvalue weighted by Gasteiger charge is 2.14. The third-order valence-electron chi connectivity index (χ3n) is 3.54. The van der Waals surface area contributed by atoms with Crippen molar-refractivity contribution in [2.45, 2.75) is 0 Å². The number of ether oxygens (including phenoxy) is 2. The van der Waals surface area contributed by atoms with Gasteiger partial charge in [0.05, 0.1) is 0 Å². The van der Waals surface area contributed by atoms with Crippen molar-refractivity contribution in [2.75, 3.05) is 6.61 Å². The third kappa shape index (κ3) is 4.76. The standard InChI is InChI=1S/C19H10Cl2O7/c20-18(24)11-5-12(19(21)25)7-14(6-11)27-17(23)9-26-13-3-1-10-2-4-16(22)28-15(10)8-13/h1-8H,9H2. The van der Waals surface area contributed by atoms with Crippen molar-refractivity contribution in [3.05, 3.63) is 70.1 Å². The fraction of sp³-hybridized carbons (Fsp3) is 0.0526. The lowest BCUT2D eigenvalue weighted by atomic mass is 10.1. The summed E-state index contributed by atoms with van der Waals surface area (Å²) in [4.78, 5) is 45.9. The van der Waals surface area contributed by atoms with E-state index in [1.54, 1.807) is 18.2 Å². The average Bonchev–Trinajstić information content (AvgIpc) is 2.65. The molecule has 0 spiro atoms. The number of hydrogen-bond donors (Lipinski definition) is 0. The molecule has 0 unspecified atom stereocenters. The first-order valence-electron chi connectivity index (χ1n) is 7.74. The molecule has 0 aliphatic rings. The number of halogens is 2. The molecule has 1 heterocycles. The van der Waals surface area contributed by atoms with E-state index in [2.05, 4.69) is 0 Å². The Balaban J connectivity index is 1.71. The molecule has 7 nitrogen and oxygen atoms in total. The fourth-order valence-corrected chi connectivity index (χ4v) is 2.54. The minimum absolute atomic E-state index is 0.0542. The van der Waals surface area contributed by atoms with Crippen molar-refractivity contribution in [2.24, 2.45) is 0 Å². The SMILES string of the molecule is O=C(COc1ccc2ccc(=O)oc2c1)Oc1cc(C(=O)Cl)cc(C(=O)Cl)c1. The van der Waals surface area contributed by atoms with Crippen LogP contribution in [-0.4, -0.2) is 23.1 Å². The van der Waals surface area contributed by atoms with Crippen LogP contribution in [0.15, 0.2) is 57.7 Å². The van der Waals surface area contributed by atoms with Crippen molar-refractivity contribution < 1.29 is 28.3 Å². The van der Waals surface area contributed by atoms with Crippen LogP contribution in [0.5, 0.6) is 11.5 Å². The second kappa shape index (κ2) is 8.24. The summed E-state index contributed by atoms with van der Waals surface area (Å²) >= 11 is 10.8. The second-order valence-corrected chi connectivity index (χ2v) is 6.20. The van der Waals surface area contributed by atoms with Gasteiger partial charge in [0.1, 0.15) is 17.1 Å². The highest BCUT2D eigenvalue weighted by atomic mass is 35.5. The van der Waals surface area contributed by atoms with Crippen LogP contribution >= 0.6 is 23.2 Å². The second-order valence-electron chi connectivity index (χ2n) is 5.51. The summed E-state index contributed by atoms with van der Waals surface area (Å²) in [6.07, 6.45) is 0. The van der Waals surface area contributed by atoms with Crippen LogP contribution in [0.2, 0.25) is 0 Å². The quantitative estimate of drug-likeness (QED) is 0.260. The van der Waals surface area contributed by atoms with Gasteiger partial charge in [0, 0.05) is 28.6 Å². The largest absolute Gasteiger partial charge is 0.482 e. The number of esters is 1. The zero-order valence-corrected chi connectivity index (χ0v) is 15.5. The Bertz CT molecular complexity index is 1120. The van der Waals surface area contributed by atoms with Crippen molar-refractivity contribution in [1.82, 2.24) is 0 Å². The first-order valence-corrected chi connectivity index (χ1v) is 8.49. The van der Waals surface area contributed by atoms with Gasteiger partial charge in [0.15, 0.2) is 6.61 Å². The van der Waals surface area contributed by atoms with Gasteiger partial charge >= 0.3 is 11.6 Å². The van der Waals surface area contributed by atoms with E-state index in [-0.39, 0.29) is 22.6 Å². The molecule has 142 valence electrons. The van der Waals surface area contributed by atoms with Gasteiger partial charge in [-0.15, -0.1) is 0 Å². The molecule has 0 saturated carbocycles. The van der Waals surface area contributed by atoms with E-state index in [0.29, 0.717) is 11.0 Å². The van der Waals surface area contributed by atoms with Crippen LogP contribution < -0.4 is 15.1 Å². The zero-order valence-electron chi connectivity index (χ0n) is 13.9. The average molecular weight is 421 g/mol. The van der Waals surface area contributed by atoms with Gasteiger partial charge in [-0.25, -0.2) is 9.59 Å². The number of carbonyl (C=O) groups excluding carboxylic acids is 3. The van der Waals surface area contributed by atoms with Crippen LogP contribution in [-0.2, 0) is 4.79 Å². The maximum atomic E-state index is 12.0. The van der Waals surface area contributed by atoms with E-state index in [1.807, 2.05) is 0 Å². The molecule has 0 radical (unpaired) electrons. The molecule has 0 amide bonds. The maximum Gasteiger partial charge on any atom is 0.349 e. The van der Waals surface area contributed by atoms with Crippen LogP contribution in [0.25, 0.3) is 11.0 Å². The predicted octanol–water partition coefficient (Wildman–Crippen LogP) is 3.54. The Morgan fingerprint density at radius 2 is 1.50 bits per heavy atom. The highest BCUT2D eigenvalue weighted by molar-refractivity contribution is 6.69. The Morgan fingerprint density at radius 1 is 0.857 bits per heavy atom. The summed E-state index contributed by atoms with van der Waals surface area (Å²) in [6, 6.07) is 11.2. The molecule has 0 aliphatic heterocycles. The van der Waals surface area contributed by atoms with Gasteiger partial charge < -0.3 is 13.9 Å². The monoisotopic (exact) mass is 420 g/mol. The summed E-state index contributed by atoms with van der Waals surface area (Å²) in [5, 5.41) is -0.993. The summed E-state index contributed by atoms with van der Waals surface area (Å²) < 4.78 is 15.4. The molecule has 3 aromatic rings. The Hall–Kier alpha value is -3.16. The van der Waals surface area contributed by atoms with Crippen LogP contribution in [0.3, 0.4) is 0 Å². The van der Waals surface area contributed by atoms with E-state index in [9.17, 15) is 19.2 Å². The molecule has 0 aliphatic carbocycles. The summed E-state index contributed by atoms with van der Waals surface area (Å²) in [6.45, 7) is -0.480. The molecule has 1 aromatic heterocycles. The van der Waals surface area contributed by atoms with E-state index in [4.69, 9.17) is 37.1 Å². The number of benzene rings is 2. The van der Waals surface area contributed by atoms with Crippen LogP contribution in [0.1, 0.15) is 20.7 Å². The van der Waals surface area contributed by atoms with Gasteiger partial charge in [0.2, 0.25) is 0 Å². The van der Waals surface area contributed by atoms with E-state index < -0.39 is 28.7 Å². The molecule has 9 heteroatoms. The summed E-state index contributed by atoms with van der Waals surface area (Å²) in [5.41, 5.74) is -0.317. The van der Waals surface area contributed by atoms with Gasteiger partial charge in [-0.05, 0) is 59.6 Å². The first-order chi connectivity index (χ1) is 13.3. The summed E-state index contributed by atoms with van der Waals surface area (Å²) in [5.74, 6) is -0.615. The smallest absolute Gasteiger partial charge is 0.349 e. The molecule has 0 N–H and O–H groups in total. The number of fused-ring (bicyclic) bond motifs is 1.